The van der Waals surface area contributed by atoms with E-state index in [1.54, 1.807) is 0 Å². The maximum absolute atomic E-state index is 9.92. The van der Waals surface area contributed by atoms with Crippen LogP contribution in [0.1, 0.15) is 0 Å². The van der Waals surface area contributed by atoms with Gasteiger partial charge in [0, 0.05) is 7.05 Å². The van der Waals surface area contributed by atoms with Gasteiger partial charge in [-0.25, -0.2) is 0 Å². The number of nitrogens with one attached hydrogen (secondary N) is 1. The smallest absolute Gasteiger partial charge is 0.822 e. The fourth-order valence-corrected chi connectivity index (χ4v) is 0.288. The molecule has 14 heteroatoms. The van der Waals surface area contributed by atoms with Crippen molar-refractivity contribution in [3.63, 3.8) is 0 Å². The zero-order valence-electron chi connectivity index (χ0n) is 10.7. The molecule has 0 aromatic heterocycles. The van der Waals surface area contributed by atoms with Gasteiger partial charge in [0.1, 0.15) is 6.54 Å². The molecule has 0 aromatic carbocycles. The number of hydrogen-bond acceptors (Lipinski definition) is 6. The Kier molecular flexibility index (Phi) is 38.4. The van der Waals surface area contributed by atoms with Crippen molar-refractivity contribution in [2.24, 2.45) is 5.73 Å². The van der Waals surface area contributed by atoms with Gasteiger partial charge in [0.2, 0.25) is 0 Å². The van der Waals surface area contributed by atoms with Crippen molar-refractivity contribution in [2.75, 3.05) is 13.6 Å². The van der Waals surface area contributed by atoms with E-state index in [4.69, 9.17) is 35.5 Å². The van der Waals surface area contributed by atoms with Gasteiger partial charge in [-0.05, 0) is 0 Å². The second-order valence-corrected chi connectivity index (χ2v) is 2.98. The van der Waals surface area contributed by atoms with Crippen molar-refractivity contribution in [3.05, 3.63) is 0 Å². The molecule has 0 aliphatic rings. The molecule has 0 amide bonds. The van der Waals surface area contributed by atoms with Crippen LogP contribution in [0.3, 0.4) is 0 Å². The summed E-state index contributed by atoms with van der Waals surface area (Å²) in [7, 11) is -3.95. The third-order valence-corrected chi connectivity index (χ3v) is 0.784. The van der Waals surface area contributed by atoms with E-state index < -0.39 is 13.8 Å². The van der Waals surface area contributed by atoms with Gasteiger partial charge in [0.25, 0.3) is 0 Å². The molecular weight excluding hydrogens is 302 g/mol. The molecule has 0 aromatic rings. The molecule has 0 bridgehead atoms. The minimum Gasteiger partial charge on any atom is -0.822 e. The topological polar surface area (TPSA) is 208 Å². The molecule has 0 atom stereocenters. The average molecular weight is 313 g/mol. The van der Waals surface area contributed by atoms with Crippen LogP contribution in [-0.2, 0) is 9.36 Å². The zero-order valence-corrected chi connectivity index (χ0v) is 17.6. The third kappa shape index (κ3) is 52.3. The SMILES string of the molecule is CN(CC(=O)O)C(=N)N.O.O=P([O-])([O-])[O-].[Na+].[Na+].[Na+]. The van der Waals surface area contributed by atoms with E-state index in [9.17, 15) is 4.79 Å². The molecule has 0 unspecified atom stereocenters. The van der Waals surface area contributed by atoms with Crippen LogP contribution in [0.4, 0.5) is 0 Å². The van der Waals surface area contributed by atoms with E-state index in [2.05, 4.69) is 0 Å². The molecule has 0 heterocycles. The maximum Gasteiger partial charge on any atom is 1.00 e. The van der Waals surface area contributed by atoms with Crippen molar-refractivity contribution in [1.29, 1.82) is 5.41 Å². The molecule has 92 valence electrons. The number of nitrogens with zero attached hydrogens (tertiary/aromatic N) is 1. The number of phosphoric acid groups is 1. The molecule has 6 N–H and O–H groups in total. The largest absolute Gasteiger partial charge is 1.00 e. The minimum absolute atomic E-state index is 0. The van der Waals surface area contributed by atoms with E-state index in [0.29, 0.717) is 0 Å². The molecule has 0 aliphatic heterocycles. The van der Waals surface area contributed by atoms with Gasteiger partial charge < -0.3 is 40.5 Å². The fourth-order valence-electron chi connectivity index (χ4n) is 0.288. The van der Waals surface area contributed by atoms with Gasteiger partial charge in [-0.15, -0.1) is 0 Å². The normalized spacial score (nSPS) is 7.56. The number of nitrogens with two attached hydrogens (primary N) is 1. The van der Waals surface area contributed by atoms with E-state index in [0.717, 1.165) is 4.90 Å². The number of carboxylic acid groups (broad SMARTS) is 1. The molecule has 10 nitrogen and oxygen atoms in total. The second-order valence-electron chi connectivity index (χ2n) is 2.08. The Morgan fingerprint density at radius 2 is 1.56 bits per heavy atom. The van der Waals surface area contributed by atoms with Crippen molar-refractivity contribution in [1.82, 2.24) is 4.90 Å². The molecule has 18 heavy (non-hydrogen) atoms. The van der Waals surface area contributed by atoms with E-state index in [-0.39, 0.29) is 107 Å². The first-order chi connectivity index (χ1) is 6.04. The first kappa shape index (κ1) is 36.8. The third-order valence-electron chi connectivity index (χ3n) is 0.784. The summed E-state index contributed by atoms with van der Waals surface area (Å²) in [5.74, 6) is -1.23. The van der Waals surface area contributed by atoms with Gasteiger partial charge in [0.15, 0.2) is 5.96 Å². The Bertz CT molecular complexity index is 254. The van der Waals surface area contributed by atoms with Gasteiger partial charge in [-0.2, -0.15) is 7.82 Å². The summed E-state index contributed by atoms with van der Waals surface area (Å²) in [5, 5.41) is 14.9. The van der Waals surface area contributed by atoms with E-state index in [1.807, 2.05) is 0 Å². The minimum atomic E-state index is -5.39. The predicted molar refractivity (Wildman–Crippen MR) is 43.4 cm³/mol. The van der Waals surface area contributed by atoms with Crippen LogP contribution >= 0.6 is 7.82 Å². The van der Waals surface area contributed by atoms with Crippen LogP contribution in [0.15, 0.2) is 0 Å². The number of rotatable bonds is 2. The Balaban J connectivity index is -0.0000000359. The van der Waals surface area contributed by atoms with Gasteiger partial charge in [0.05, 0.1) is 0 Å². The van der Waals surface area contributed by atoms with Crippen LogP contribution in [-0.4, -0.2) is 41.0 Å². The fraction of sp³-hybridized carbons (Fsp3) is 0.500. The van der Waals surface area contributed by atoms with Crippen molar-refractivity contribution < 1.29 is 123 Å². The van der Waals surface area contributed by atoms with Crippen molar-refractivity contribution >= 4 is 19.8 Å². The van der Waals surface area contributed by atoms with Crippen LogP contribution in [0.2, 0.25) is 0 Å². The van der Waals surface area contributed by atoms with Crippen LogP contribution in [0.25, 0.3) is 0 Å². The zero-order chi connectivity index (χ0) is 11.9. The van der Waals surface area contributed by atoms with E-state index >= 15 is 0 Å². The number of carboxylic acids is 1. The Morgan fingerprint density at radius 1 is 1.33 bits per heavy atom. The molecule has 0 saturated heterocycles. The predicted octanol–water partition coefficient (Wildman–Crippen LogP) is -13.7. The summed E-state index contributed by atoms with van der Waals surface area (Å²) >= 11 is 0. The number of carbonyl (C=O) groups is 1. The number of guanidine groups is 1. The standard InChI is InChI=1S/C4H9N3O2.3Na.H3O4P.H2O/c1-7(4(5)6)2-3(8)9;;;;1-5(2,3)4;/h2H2,1H3,(H3,5,6)(H,8,9);;;;(H3,1,2,3,4);1H2/q;3*+1;;/p-3. The van der Waals surface area contributed by atoms with Gasteiger partial charge in [-0.3, -0.25) is 10.2 Å². The average Bonchev–Trinajstić information content (AvgIpc) is 1.80. The molecular formula is C4H11N3Na3O7P. The number of likely N-dealkylation sites (N-methyl/N-ethyl adjacent to an activating group) is 1. The summed E-state index contributed by atoms with van der Waals surface area (Å²) in [6.07, 6.45) is 0. The Labute approximate surface area is 170 Å². The second kappa shape index (κ2) is 18.8. The van der Waals surface area contributed by atoms with Crippen LogP contribution in [0, 0.1) is 5.41 Å². The van der Waals surface area contributed by atoms with Crippen LogP contribution < -0.4 is 109 Å². The summed E-state index contributed by atoms with van der Waals surface area (Å²) in [6, 6.07) is 0. The molecule has 0 spiro atoms. The quantitative estimate of drug-likeness (QED) is 0.192. The summed E-state index contributed by atoms with van der Waals surface area (Å²) in [6.45, 7) is -0.227. The molecule has 0 saturated carbocycles. The monoisotopic (exact) mass is 313 g/mol. The van der Waals surface area contributed by atoms with Gasteiger partial charge in [-0.1, -0.05) is 0 Å². The van der Waals surface area contributed by atoms with Gasteiger partial charge >= 0.3 is 94.6 Å². The number of aliphatic carboxylic acids is 1. The summed E-state index contributed by atoms with van der Waals surface area (Å²) in [5.41, 5.74) is 4.93. The first-order valence-electron chi connectivity index (χ1n) is 3.04. The molecule has 0 fully saturated rings. The number of hydrogen-bond donors (Lipinski definition) is 3. The van der Waals surface area contributed by atoms with E-state index in [1.165, 1.54) is 7.05 Å². The van der Waals surface area contributed by atoms with Crippen molar-refractivity contribution in [3.8, 4) is 0 Å². The molecule has 0 aliphatic carbocycles. The molecule has 0 rings (SSSR count). The van der Waals surface area contributed by atoms with Crippen LogP contribution in [0.5, 0.6) is 0 Å². The maximum atomic E-state index is 9.92. The summed E-state index contributed by atoms with van der Waals surface area (Å²) < 4.78 is 8.55. The first-order valence-corrected chi connectivity index (χ1v) is 4.50. The Morgan fingerprint density at radius 3 is 1.61 bits per heavy atom. The Hall–Kier alpha value is 1.81. The summed E-state index contributed by atoms with van der Waals surface area (Å²) in [4.78, 5) is 36.7. The molecule has 0 radical (unpaired) electrons. The van der Waals surface area contributed by atoms with Crippen molar-refractivity contribution in [2.45, 2.75) is 0 Å².